The second kappa shape index (κ2) is 5.79. The lowest BCUT2D eigenvalue weighted by Gasteiger charge is -2.28. The van der Waals surface area contributed by atoms with Gasteiger partial charge in [-0.3, -0.25) is 9.48 Å². The van der Waals surface area contributed by atoms with Gasteiger partial charge in [0.1, 0.15) is 0 Å². The fourth-order valence-electron chi connectivity index (χ4n) is 2.44. The lowest BCUT2D eigenvalue weighted by molar-refractivity contribution is -0.143. The van der Waals surface area contributed by atoms with E-state index in [9.17, 15) is 23.5 Å². The second-order valence-corrected chi connectivity index (χ2v) is 5.36. The Labute approximate surface area is 120 Å². The molecule has 0 saturated heterocycles. The van der Waals surface area contributed by atoms with E-state index >= 15 is 0 Å². The van der Waals surface area contributed by atoms with Gasteiger partial charge in [0.05, 0.1) is 6.20 Å². The minimum Gasteiger partial charge on any atom is -0.479 e. The summed E-state index contributed by atoms with van der Waals surface area (Å²) in [5, 5.41) is 15.5. The van der Waals surface area contributed by atoms with Gasteiger partial charge in [-0.15, -0.1) is 0 Å². The zero-order valence-electron chi connectivity index (χ0n) is 11.6. The molecule has 1 fully saturated rings. The normalized spacial score (nSPS) is 20.0. The van der Waals surface area contributed by atoms with Gasteiger partial charge in [-0.05, 0) is 12.8 Å². The maximum Gasteiger partial charge on any atom is 0.331 e. The summed E-state index contributed by atoms with van der Waals surface area (Å²) in [4.78, 5) is 23.3. The average Bonchev–Trinajstić information content (AvgIpc) is 2.81. The highest BCUT2D eigenvalue weighted by molar-refractivity contribution is 5.85. The van der Waals surface area contributed by atoms with Crippen molar-refractivity contribution in [1.82, 2.24) is 15.1 Å². The fourth-order valence-corrected chi connectivity index (χ4v) is 2.44. The van der Waals surface area contributed by atoms with E-state index in [0.29, 0.717) is 5.56 Å². The Morgan fingerprint density at radius 3 is 2.57 bits per heavy atom. The summed E-state index contributed by atoms with van der Waals surface area (Å²) in [6, 6.07) is -1.21. The number of carboxylic acid groups (broad SMARTS) is 1. The van der Waals surface area contributed by atoms with Crippen molar-refractivity contribution in [3.05, 3.63) is 18.0 Å². The largest absolute Gasteiger partial charge is 0.479 e. The summed E-state index contributed by atoms with van der Waals surface area (Å²) in [6.45, 7) is 0. The Morgan fingerprint density at radius 2 is 2.10 bits per heavy atom. The summed E-state index contributed by atoms with van der Waals surface area (Å²) in [5.74, 6) is -4.99. The van der Waals surface area contributed by atoms with E-state index in [1.54, 1.807) is 7.05 Å². The molecule has 1 aliphatic rings. The number of alkyl halides is 2. The summed E-state index contributed by atoms with van der Waals surface area (Å²) in [5.41, 5.74) is 0.347. The summed E-state index contributed by atoms with van der Waals surface area (Å²) in [7, 11) is 1.63. The van der Waals surface area contributed by atoms with Crippen LogP contribution < -0.4 is 5.32 Å². The molecule has 2 N–H and O–H groups in total. The maximum atomic E-state index is 13.1. The molecule has 0 radical (unpaired) electrons. The molecule has 1 aromatic heterocycles. The lowest BCUT2D eigenvalue weighted by Crippen LogP contribution is -2.40. The van der Waals surface area contributed by atoms with Gasteiger partial charge in [-0.2, -0.15) is 5.10 Å². The predicted molar refractivity (Wildman–Crippen MR) is 68.6 cm³/mol. The van der Waals surface area contributed by atoms with Crippen molar-refractivity contribution in [3.8, 4) is 0 Å². The Balaban J connectivity index is 2.01. The number of halogens is 2. The number of hydrogen-bond acceptors (Lipinski definition) is 3. The average molecular weight is 301 g/mol. The molecule has 0 bridgehead atoms. The highest BCUT2D eigenvalue weighted by Gasteiger charge is 2.38. The molecule has 0 aliphatic heterocycles. The van der Waals surface area contributed by atoms with E-state index in [1.807, 2.05) is 0 Å². The number of nitrogens with one attached hydrogen (secondary N) is 1. The van der Waals surface area contributed by atoms with Crippen molar-refractivity contribution < 1.29 is 23.5 Å². The summed E-state index contributed by atoms with van der Waals surface area (Å²) >= 11 is 0. The highest BCUT2D eigenvalue weighted by Crippen LogP contribution is 2.36. The van der Waals surface area contributed by atoms with Gasteiger partial charge in [0.15, 0.2) is 6.04 Å². The molecule has 1 unspecified atom stereocenters. The first kappa shape index (κ1) is 15.4. The van der Waals surface area contributed by atoms with Crippen LogP contribution in [0.1, 0.15) is 37.3 Å². The zero-order chi connectivity index (χ0) is 15.6. The number of hydrogen-bond donors (Lipinski definition) is 2. The van der Waals surface area contributed by atoms with Crippen LogP contribution in [0, 0.1) is 5.92 Å². The smallest absolute Gasteiger partial charge is 0.331 e. The third kappa shape index (κ3) is 3.77. The molecule has 1 aliphatic carbocycles. The van der Waals surface area contributed by atoms with Crippen LogP contribution in [0.25, 0.3) is 0 Å². The minimum absolute atomic E-state index is 0.0677. The molecular weight excluding hydrogens is 284 g/mol. The zero-order valence-corrected chi connectivity index (χ0v) is 11.6. The maximum absolute atomic E-state index is 13.1. The monoisotopic (exact) mass is 301 g/mol. The number of carboxylic acids is 1. The van der Waals surface area contributed by atoms with E-state index < -0.39 is 29.8 Å². The first-order chi connectivity index (χ1) is 9.78. The summed E-state index contributed by atoms with van der Waals surface area (Å²) < 4.78 is 27.6. The molecule has 1 aromatic rings. The lowest BCUT2D eigenvalue weighted by atomic mass is 9.86. The Bertz CT molecular complexity index is 535. The van der Waals surface area contributed by atoms with Crippen molar-refractivity contribution in [3.63, 3.8) is 0 Å². The minimum atomic E-state index is -2.72. The Morgan fingerprint density at radius 1 is 1.48 bits per heavy atom. The number of aromatic nitrogens is 2. The van der Waals surface area contributed by atoms with Gasteiger partial charge in [0.25, 0.3) is 0 Å². The van der Waals surface area contributed by atoms with Crippen LogP contribution >= 0.6 is 0 Å². The van der Waals surface area contributed by atoms with Crippen molar-refractivity contribution >= 4 is 11.9 Å². The Kier molecular flexibility index (Phi) is 4.24. The van der Waals surface area contributed by atoms with Crippen LogP contribution in [0.3, 0.4) is 0 Å². The van der Waals surface area contributed by atoms with Crippen molar-refractivity contribution in [2.75, 3.05) is 0 Å². The van der Waals surface area contributed by atoms with Crippen LogP contribution in [-0.2, 0) is 16.6 Å². The number of aryl methyl sites for hydroxylation is 1. The van der Waals surface area contributed by atoms with Crippen molar-refractivity contribution in [2.45, 2.75) is 37.6 Å². The molecule has 8 heteroatoms. The van der Waals surface area contributed by atoms with Crippen molar-refractivity contribution in [1.29, 1.82) is 0 Å². The van der Waals surface area contributed by atoms with Crippen LogP contribution in [0.2, 0.25) is 0 Å². The van der Waals surface area contributed by atoms with Crippen LogP contribution in [0.5, 0.6) is 0 Å². The summed E-state index contributed by atoms with van der Waals surface area (Å²) in [6.07, 6.45) is 2.31. The van der Waals surface area contributed by atoms with E-state index in [1.165, 1.54) is 17.1 Å². The SMILES string of the molecule is Cn1cc(C(NC(=O)C2CCC(F)(F)CC2)C(=O)O)cn1. The molecule has 1 atom stereocenters. The van der Waals surface area contributed by atoms with Crippen LogP contribution in [-0.4, -0.2) is 32.7 Å². The molecule has 1 amide bonds. The van der Waals surface area contributed by atoms with Gasteiger partial charge < -0.3 is 10.4 Å². The van der Waals surface area contributed by atoms with Gasteiger partial charge in [0.2, 0.25) is 11.8 Å². The molecule has 0 aromatic carbocycles. The molecule has 21 heavy (non-hydrogen) atoms. The first-order valence-corrected chi connectivity index (χ1v) is 6.68. The number of carbonyl (C=O) groups is 2. The third-order valence-corrected chi connectivity index (χ3v) is 3.68. The van der Waals surface area contributed by atoms with E-state index in [4.69, 9.17) is 0 Å². The van der Waals surface area contributed by atoms with E-state index in [-0.39, 0.29) is 25.7 Å². The number of carbonyl (C=O) groups excluding carboxylic acids is 1. The quantitative estimate of drug-likeness (QED) is 0.882. The van der Waals surface area contributed by atoms with Gasteiger partial charge in [-0.25, -0.2) is 13.6 Å². The number of nitrogens with zero attached hydrogens (tertiary/aromatic N) is 2. The van der Waals surface area contributed by atoms with Gasteiger partial charge in [0, 0.05) is 37.6 Å². The standard InChI is InChI=1S/C13H17F2N3O3/c1-18-7-9(6-16-18)10(12(20)21)17-11(19)8-2-4-13(14,15)5-3-8/h6-8,10H,2-5H2,1H3,(H,17,19)(H,20,21). The molecule has 0 spiro atoms. The molecule has 116 valence electrons. The van der Waals surface area contributed by atoms with E-state index in [0.717, 1.165) is 0 Å². The molecule has 1 heterocycles. The second-order valence-electron chi connectivity index (χ2n) is 5.36. The van der Waals surface area contributed by atoms with Gasteiger partial charge in [-0.1, -0.05) is 0 Å². The fraction of sp³-hybridized carbons (Fsp3) is 0.615. The first-order valence-electron chi connectivity index (χ1n) is 6.68. The van der Waals surface area contributed by atoms with Crippen LogP contribution in [0.15, 0.2) is 12.4 Å². The molecule has 1 saturated carbocycles. The molecule has 2 rings (SSSR count). The number of amides is 1. The van der Waals surface area contributed by atoms with Crippen LogP contribution in [0.4, 0.5) is 8.78 Å². The molecule has 6 nitrogen and oxygen atoms in total. The van der Waals surface area contributed by atoms with Gasteiger partial charge >= 0.3 is 5.97 Å². The third-order valence-electron chi connectivity index (χ3n) is 3.68. The predicted octanol–water partition coefficient (Wildman–Crippen LogP) is 1.49. The Hall–Kier alpha value is -1.99. The van der Waals surface area contributed by atoms with E-state index in [2.05, 4.69) is 10.4 Å². The molecular formula is C13H17F2N3O3. The highest BCUT2D eigenvalue weighted by atomic mass is 19.3. The number of aliphatic carboxylic acids is 1. The topological polar surface area (TPSA) is 84.2 Å². The number of rotatable bonds is 4. The van der Waals surface area contributed by atoms with Crippen molar-refractivity contribution in [2.24, 2.45) is 13.0 Å².